The zero-order valence-electron chi connectivity index (χ0n) is 15.6. The van der Waals surface area contributed by atoms with Crippen LogP contribution >= 0.6 is 11.6 Å². The number of hydrogen-bond donors (Lipinski definition) is 2. The highest BCUT2D eigenvalue weighted by Gasteiger charge is 2.08. The minimum absolute atomic E-state index is 0.00891. The summed E-state index contributed by atoms with van der Waals surface area (Å²) in [6, 6.07) is 21.8. The van der Waals surface area contributed by atoms with E-state index in [2.05, 4.69) is 0 Å². The number of aliphatic carboxylic acids is 1. The van der Waals surface area contributed by atoms with Gasteiger partial charge in [0.05, 0.1) is 6.42 Å². The third-order valence-electron chi connectivity index (χ3n) is 4.17. The maximum absolute atomic E-state index is 10.9. The Morgan fingerprint density at radius 1 is 0.862 bits per heavy atom. The van der Waals surface area contributed by atoms with Gasteiger partial charge in [0, 0.05) is 5.02 Å². The van der Waals surface area contributed by atoms with Crippen molar-refractivity contribution in [3.63, 3.8) is 0 Å². The molecule has 2 N–H and O–H groups in total. The van der Waals surface area contributed by atoms with Crippen LogP contribution < -0.4 is 9.47 Å². The quantitative estimate of drug-likeness (QED) is 0.543. The van der Waals surface area contributed by atoms with Gasteiger partial charge in [-0.25, -0.2) is 0 Å². The molecule has 29 heavy (non-hydrogen) atoms. The van der Waals surface area contributed by atoms with E-state index in [4.69, 9.17) is 26.2 Å². The number of halogens is 1. The standard InChI is InChI=1S/C23H21ClO5/c24-19-6-10-22(11-7-19)29-15-20(25)14-28-21-8-4-17(5-9-21)18-3-1-2-16(12-18)13-23(26)27/h1-12,20,25H,13-15H2,(H,26,27). The van der Waals surface area contributed by atoms with Gasteiger partial charge in [-0.05, 0) is 53.1 Å². The molecule has 0 fully saturated rings. The second-order valence-corrected chi connectivity index (χ2v) is 6.96. The topological polar surface area (TPSA) is 76.0 Å². The Bertz CT molecular complexity index is 938. The molecular weight excluding hydrogens is 392 g/mol. The van der Waals surface area contributed by atoms with Gasteiger partial charge in [0.25, 0.3) is 0 Å². The smallest absolute Gasteiger partial charge is 0.307 e. The molecule has 0 aliphatic heterocycles. The third kappa shape index (κ3) is 6.52. The molecule has 5 nitrogen and oxygen atoms in total. The van der Waals surface area contributed by atoms with Crippen molar-refractivity contribution in [2.45, 2.75) is 12.5 Å². The van der Waals surface area contributed by atoms with Crippen LogP contribution in [-0.4, -0.2) is 35.5 Å². The van der Waals surface area contributed by atoms with Crippen molar-refractivity contribution in [2.75, 3.05) is 13.2 Å². The zero-order valence-corrected chi connectivity index (χ0v) is 16.4. The molecule has 0 radical (unpaired) electrons. The van der Waals surface area contributed by atoms with E-state index in [-0.39, 0.29) is 19.6 Å². The fourth-order valence-electron chi connectivity index (χ4n) is 2.74. The Balaban J connectivity index is 1.51. The first-order valence-corrected chi connectivity index (χ1v) is 9.48. The van der Waals surface area contributed by atoms with Gasteiger partial charge < -0.3 is 19.7 Å². The van der Waals surface area contributed by atoms with E-state index in [1.165, 1.54) is 0 Å². The predicted octanol–water partition coefficient (Wildman–Crippen LogP) is 4.45. The molecule has 3 aromatic rings. The van der Waals surface area contributed by atoms with Crippen molar-refractivity contribution in [1.29, 1.82) is 0 Å². The minimum Gasteiger partial charge on any atom is -0.491 e. The fraction of sp³-hybridized carbons (Fsp3) is 0.174. The van der Waals surface area contributed by atoms with Gasteiger partial charge >= 0.3 is 5.97 Å². The van der Waals surface area contributed by atoms with Crippen LogP contribution in [0.5, 0.6) is 11.5 Å². The Hall–Kier alpha value is -3.02. The second-order valence-electron chi connectivity index (χ2n) is 6.53. The van der Waals surface area contributed by atoms with Crippen molar-refractivity contribution in [3.8, 4) is 22.6 Å². The van der Waals surface area contributed by atoms with Crippen molar-refractivity contribution >= 4 is 17.6 Å². The molecule has 1 unspecified atom stereocenters. The average molecular weight is 413 g/mol. The highest BCUT2D eigenvalue weighted by molar-refractivity contribution is 6.30. The predicted molar refractivity (Wildman–Crippen MR) is 112 cm³/mol. The van der Waals surface area contributed by atoms with E-state index in [9.17, 15) is 9.90 Å². The molecule has 0 heterocycles. The van der Waals surface area contributed by atoms with Crippen LogP contribution in [0.4, 0.5) is 0 Å². The number of rotatable bonds is 9. The number of aliphatic hydroxyl groups excluding tert-OH is 1. The van der Waals surface area contributed by atoms with Crippen LogP contribution in [0.3, 0.4) is 0 Å². The van der Waals surface area contributed by atoms with Crippen molar-refractivity contribution < 1.29 is 24.5 Å². The first-order valence-electron chi connectivity index (χ1n) is 9.10. The summed E-state index contributed by atoms with van der Waals surface area (Å²) < 4.78 is 11.1. The molecule has 6 heteroatoms. The molecule has 0 bridgehead atoms. The van der Waals surface area contributed by atoms with Crippen LogP contribution in [0.15, 0.2) is 72.8 Å². The normalized spacial score (nSPS) is 11.7. The van der Waals surface area contributed by atoms with Gasteiger partial charge in [-0.15, -0.1) is 0 Å². The summed E-state index contributed by atoms with van der Waals surface area (Å²) in [6.45, 7) is 0.205. The monoisotopic (exact) mass is 412 g/mol. The second kappa shape index (κ2) is 9.96. The maximum atomic E-state index is 10.9. The number of benzene rings is 3. The van der Waals surface area contributed by atoms with Gasteiger partial charge in [-0.2, -0.15) is 0 Å². The first kappa shape index (κ1) is 20.7. The third-order valence-corrected chi connectivity index (χ3v) is 4.42. The van der Waals surface area contributed by atoms with Crippen molar-refractivity contribution in [2.24, 2.45) is 0 Å². The fourth-order valence-corrected chi connectivity index (χ4v) is 2.87. The van der Waals surface area contributed by atoms with Crippen LogP contribution in [0.1, 0.15) is 5.56 Å². The molecule has 0 saturated heterocycles. The summed E-state index contributed by atoms with van der Waals surface area (Å²) in [5.74, 6) is 0.397. The number of carbonyl (C=O) groups is 1. The van der Waals surface area contributed by atoms with E-state index >= 15 is 0 Å². The molecule has 0 spiro atoms. The molecule has 0 aliphatic carbocycles. The summed E-state index contributed by atoms with van der Waals surface area (Å²) in [7, 11) is 0. The van der Waals surface area contributed by atoms with E-state index < -0.39 is 12.1 Å². The van der Waals surface area contributed by atoms with E-state index in [0.29, 0.717) is 16.5 Å². The lowest BCUT2D eigenvalue weighted by Crippen LogP contribution is -2.25. The first-order chi connectivity index (χ1) is 14.0. The molecule has 0 aromatic heterocycles. The number of hydrogen-bond acceptors (Lipinski definition) is 4. The molecule has 150 valence electrons. The summed E-state index contributed by atoms with van der Waals surface area (Å²) in [5, 5.41) is 19.6. The Morgan fingerprint density at radius 3 is 2.03 bits per heavy atom. The van der Waals surface area contributed by atoms with Crippen LogP contribution in [0.2, 0.25) is 5.02 Å². The SMILES string of the molecule is O=C(O)Cc1cccc(-c2ccc(OCC(O)COc3ccc(Cl)cc3)cc2)c1. The van der Waals surface area contributed by atoms with Crippen LogP contribution in [-0.2, 0) is 11.2 Å². The van der Waals surface area contributed by atoms with Gasteiger partial charge in [-0.3, -0.25) is 4.79 Å². The molecule has 0 saturated carbocycles. The number of carboxylic acids is 1. The van der Waals surface area contributed by atoms with E-state index in [1.807, 2.05) is 42.5 Å². The Morgan fingerprint density at radius 2 is 1.45 bits per heavy atom. The summed E-state index contributed by atoms with van der Waals surface area (Å²) in [4.78, 5) is 10.9. The Kier molecular flexibility index (Phi) is 7.11. The zero-order chi connectivity index (χ0) is 20.6. The highest BCUT2D eigenvalue weighted by Crippen LogP contribution is 2.24. The van der Waals surface area contributed by atoms with Gasteiger partial charge in [0.15, 0.2) is 0 Å². The van der Waals surface area contributed by atoms with Crippen LogP contribution in [0.25, 0.3) is 11.1 Å². The maximum Gasteiger partial charge on any atom is 0.307 e. The van der Waals surface area contributed by atoms with Gasteiger partial charge in [0.2, 0.25) is 0 Å². The van der Waals surface area contributed by atoms with Gasteiger partial charge in [0.1, 0.15) is 30.8 Å². The molecule has 3 aromatic carbocycles. The highest BCUT2D eigenvalue weighted by atomic mass is 35.5. The minimum atomic E-state index is -0.857. The molecule has 0 amide bonds. The van der Waals surface area contributed by atoms with E-state index in [0.717, 1.165) is 16.7 Å². The number of aliphatic hydroxyl groups is 1. The molecular formula is C23H21ClO5. The van der Waals surface area contributed by atoms with Gasteiger partial charge in [-0.1, -0.05) is 48.0 Å². The lowest BCUT2D eigenvalue weighted by Gasteiger charge is -2.14. The van der Waals surface area contributed by atoms with Crippen LogP contribution in [0, 0.1) is 0 Å². The lowest BCUT2D eigenvalue weighted by molar-refractivity contribution is -0.136. The largest absolute Gasteiger partial charge is 0.491 e. The average Bonchev–Trinajstić information content (AvgIpc) is 2.72. The van der Waals surface area contributed by atoms with E-state index in [1.54, 1.807) is 30.3 Å². The van der Waals surface area contributed by atoms with Crippen molar-refractivity contribution in [3.05, 3.63) is 83.4 Å². The summed E-state index contributed by atoms with van der Waals surface area (Å²) in [6.07, 6.45) is -0.788. The molecule has 0 aliphatic rings. The summed E-state index contributed by atoms with van der Waals surface area (Å²) >= 11 is 5.82. The number of carboxylic acid groups (broad SMARTS) is 1. The lowest BCUT2D eigenvalue weighted by atomic mass is 10.0. The molecule has 1 atom stereocenters. The molecule has 3 rings (SSSR count). The number of ether oxygens (including phenoxy) is 2. The van der Waals surface area contributed by atoms with Crippen molar-refractivity contribution in [1.82, 2.24) is 0 Å². The Labute approximate surface area is 174 Å². The summed E-state index contributed by atoms with van der Waals surface area (Å²) in [5.41, 5.74) is 2.64.